The molecule has 3 atom stereocenters. The minimum absolute atomic E-state index is 0.0913. The minimum atomic E-state index is -1.02. The number of anilines is 1. The molecule has 0 radical (unpaired) electrons. The molecule has 37 heavy (non-hydrogen) atoms. The van der Waals surface area contributed by atoms with E-state index >= 15 is 0 Å². The number of fused-ring (bicyclic) bond motifs is 6. The Morgan fingerprint density at radius 3 is 2.27 bits per heavy atom. The zero-order chi connectivity index (χ0) is 25.7. The van der Waals surface area contributed by atoms with Crippen molar-refractivity contribution in [1.29, 1.82) is 0 Å². The molecule has 6 heteroatoms. The Kier molecular flexibility index (Phi) is 5.55. The maximum Gasteiger partial charge on any atom is 0.412 e. The summed E-state index contributed by atoms with van der Waals surface area (Å²) in [6.07, 6.45) is 2.00. The summed E-state index contributed by atoms with van der Waals surface area (Å²) in [5.74, 6) is -1.11. The number of benzene rings is 3. The van der Waals surface area contributed by atoms with Crippen LogP contribution in [-0.4, -0.2) is 40.9 Å². The quantitative estimate of drug-likeness (QED) is 0.417. The molecule has 188 valence electrons. The number of likely N-dealkylation sites (tertiary alicyclic amines) is 1. The number of hydrogen-bond donors (Lipinski definition) is 2. The SMILES string of the molecule is CC(C)=CC[C@]12C[C@@H](C(=O)O)N(C(=O)OCC3c4ccccc4-c4ccccc43)[C@H]1Nc1ccccc12. The molecular weight excluding hydrogens is 464 g/mol. The molecule has 0 bridgehead atoms. The van der Waals surface area contributed by atoms with E-state index in [2.05, 4.69) is 35.7 Å². The summed E-state index contributed by atoms with van der Waals surface area (Å²) in [4.78, 5) is 27.6. The van der Waals surface area contributed by atoms with Crippen molar-refractivity contribution in [3.63, 3.8) is 0 Å². The first kappa shape index (κ1) is 23.3. The van der Waals surface area contributed by atoms with Crippen LogP contribution in [-0.2, 0) is 14.9 Å². The van der Waals surface area contributed by atoms with Gasteiger partial charge in [-0.15, -0.1) is 0 Å². The highest BCUT2D eigenvalue weighted by atomic mass is 16.6. The number of rotatable bonds is 5. The lowest BCUT2D eigenvalue weighted by Gasteiger charge is -2.32. The van der Waals surface area contributed by atoms with E-state index in [1.54, 1.807) is 0 Å². The van der Waals surface area contributed by atoms with E-state index in [-0.39, 0.29) is 12.5 Å². The summed E-state index contributed by atoms with van der Waals surface area (Å²) >= 11 is 0. The number of carboxylic acids is 1. The van der Waals surface area contributed by atoms with Crippen LogP contribution in [0, 0.1) is 0 Å². The highest BCUT2D eigenvalue weighted by Gasteiger charge is 2.60. The van der Waals surface area contributed by atoms with Gasteiger partial charge in [0, 0.05) is 17.0 Å². The van der Waals surface area contributed by atoms with Gasteiger partial charge in [-0.05, 0) is 60.6 Å². The summed E-state index contributed by atoms with van der Waals surface area (Å²) in [6, 6.07) is 23.3. The Labute approximate surface area is 216 Å². The van der Waals surface area contributed by atoms with Crippen molar-refractivity contribution in [2.24, 2.45) is 0 Å². The second-order valence-electron chi connectivity index (χ2n) is 10.5. The number of hydrogen-bond acceptors (Lipinski definition) is 4. The summed E-state index contributed by atoms with van der Waals surface area (Å²) in [5, 5.41) is 13.6. The van der Waals surface area contributed by atoms with Gasteiger partial charge in [-0.1, -0.05) is 78.4 Å². The second kappa shape index (κ2) is 8.80. The molecule has 2 N–H and O–H groups in total. The van der Waals surface area contributed by atoms with Gasteiger partial charge in [0.25, 0.3) is 0 Å². The number of carbonyl (C=O) groups excluding carboxylic acids is 1. The monoisotopic (exact) mass is 494 g/mol. The molecule has 1 saturated heterocycles. The molecule has 0 saturated carbocycles. The number of aliphatic carboxylic acids is 1. The van der Waals surface area contributed by atoms with Gasteiger partial charge in [-0.3, -0.25) is 4.90 Å². The Bertz CT molecular complexity index is 1380. The van der Waals surface area contributed by atoms with Crippen LogP contribution in [0.2, 0.25) is 0 Å². The number of carboxylic acid groups (broad SMARTS) is 1. The summed E-state index contributed by atoms with van der Waals surface area (Å²) in [6.45, 7) is 4.22. The third-order valence-electron chi connectivity index (χ3n) is 8.16. The molecule has 3 aromatic carbocycles. The highest BCUT2D eigenvalue weighted by molar-refractivity contribution is 5.84. The minimum Gasteiger partial charge on any atom is -0.480 e. The van der Waals surface area contributed by atoms with Crippen LogP contribution in [0.15, 0.2) is 84.4 Å². The number of allylic oxidation sites excluding steroid dienone is 2. The first-order valence-corrected chi connectivity index (χ1v) is 12.8. The maximum atomic E-state index is 13.7. The maximum absolute atomic E-state index is 13.7. The van der Waals surface area contributed by atoms with Crippen molar-refractivity contribution in [1.82, 2.24) is 4.90 Å². The topological polar surface area (TPSA) is 78.9 Å². The smallest absolute Gasteiger partial charge is 0.412 e. The Morgan fingerprint density at radius 2 is 1.62 bits per heavy atom. The fourth-order valence-electron chi connectivity index (χ4n) is 6.46. The zero-order valence-electron chi connectivity index (χ0n) is 21.0. The van der Waals surface area contributed by atoms with Crippen molar-refractivity contribution in [2.75, 3.05) is 11.9 Å². The molecule has 1 fully saturated rings. The number of nitrogens with one attached hydrogen (secondary N) is 1. The van der Waals surface area contributed by atoms with Gasteiger partial charge in [-0.25, -0.2) is 9.59 Å². The second-order valence-corrected chi connectivity index (χ2v) is 10.5. The average molecular weight is 495 g/mol. The van der Waals surface area contributed by atoms with Gasteiger partial charge in [0.05, 0.1) is 0 Å². The number of para-hydroxylation sites is 1. The van der Waals surface area contributed by atoms with Crippen molar-refractivity contribution < 1.29 is 19.4 Å². The van der Waals surface area contributed by atoms with E-state index in [9.17, 15) is 14.7 Å². The lowest BCUT2D eigenvalue weighted by molar-refractivity contribution is -0.142. The molecule has 3 aromatic rings. The van der Waals surface area contributed by atoms with Gasteiger partial charge in [0.15, 0.2) is 0 Å². The van der Waals surface area contributed by atoms with Gasteiger partial charge in [0.1, 0.15) is 18.8 Å². The standard InChI is InChI=1S/C31H30N2O4/c1-19(2)15-16-31-17-27(28(34)35)33(29(31)32-26-14-8-7-13-25(26)31)30(36)37-18-24-22-11-5-3-9-20(22)21-10-4-6-12-23(21)24/h3-15,24,27,29,32H,16-18H2,1-2H3,(H,34,35)/t27-,29+,31+/m0/s1. The van der Waals surface area contributed by atoms with Crippen molar-refractivity contribution in [2.45, 2.75) is 50.2 Å². The summed E-state index contributed by atoms with van der Waals surface area (Å²) in [5.41, 5.74) is 7.16. The van der Waals surface area contributed by atoms with Crippen LogP contribution in [0.25, 0.3) is 11.1 Å². The van der Waals surface area contributed by atoms with Gasteiger partial charge < -0.3 is 15.2 Å². The number of amides is 1. The molecule has 3 aliphatic rings. The number of nitrogens with zero attached hydrogens (tertiary/aromatic N) is 1. The first-order chi connectivity index (χ1) is 17.9. The molecule has 6 rings (SSSR count). The van der Waals surface area contributed by atoms with E-state index < -0.39 is 29.7 Å². The van der Waals surface area contributed by atoms with Gasteiger partial charge >= 0.3 is 12.1 Å². The van der Waals surface area contributed by atoms with E-state index in [4.69, 9.17) is 4.74 Å². The van der Waals surface area contributed by atoms with E-state index in [0.29, 0.717) is 12.8 Å². The fraction of sp³-hybridized carbons (Fsp3) is 0.290. The van der Waals surface area contributed by atoms with Gasteiger partial charge in [0.2, 0.25) is 0 Å². The fourth-order valence-corrected chi connectivity index (χ4v) is 6.46. The Morgan fingerprint density at radius 1 is 1.00 bits per heavy atom. The average Bonchev–Trinajstić information content (AvgIpc) is 3.51. The predicted molar refractivity (Wildman–Crippen MR) is 143 cm³/mol. The van der Waals surface area contributed by atoms with E-state index in [0.717, 1.165) is 39.1 Å². The number of carbonyl (C=O) groups is 2. The van der Waals surface area contributed by atoms with Crippen LogP contribution < -0.4 is 5.32 Å². The molecule has 2 heterocycles. The molecule has 0 unspecified atom stereocenters. The van der Waals surface area contributed by atoms with Crippen LogP contribution in [0.4, 0.5) is 10.5 Å². The molecular formula is C31H30N2O4. The molecule has 2 aliphatic heterocycles. The third-order valence-corrected chi connectivity index (χ3v) is 8.16. The van der Waals surface area contributed by atoms with Crippen molar-refractivity contribution in [3.05, 3.63) is 101 Å². The van der Waals surface area contributed by atoms with E-state index in [1.807, 2.05) is 62.4 Å². The summed E-state index contributed by atoms with van der Waals surface area (Å²) in [7, 11) is 0. The largest absolute Gasteiger partial charge is 0.480 e. The Balaban J connectivity index is 1.31. The highest BCUT2D eigenvalue weighted by Crippen LogP contribution is 2.53. The molecule has 0 spiro atoms. The third kappa shape index (κ3) is 3.62. The normalized spacial score (nSPS) is 22.9. The van der Waals surface area contributed by atoms with Crippen LogP contribution >= 0.6 is 0 Å². The number of ether oxygens (including phenoxy) is 1. The molecule has 6 nitrogen and oxygen atoms in total. The lowest BCUT2D eigenvalue weighted by Crippen LogP contribution is -2.50. The summed E-state index contributed by atoms with van der Waals surface area (Å²) < 4.78 is 5.95. The lowest BCUT2D eigenvalue weighted by atomic mass is 9.75. The Hall–Kier alpha value is -4.06. The van der Waals surface area contributed by atoms with Crippen LogP contribution in [0.1, 0.15) is 49.3 Å². The van der Waals surface area contributed by atoms with Crippen LogP contribution in [0.5, 0.6) is 0 Å². The van der Waals surface area contributed by atoms with E-state index in [1.165, 1.54) is 4.90 Å². The zero-order valence-corrected chi connectivity index (χ0v) is 21.0. The first-order valence-electron chi connectivity index (χ1n) is 12.8. The molecule has 0 aromatic heterocycles. The predicted octanol–water partition coefficient (Wildman–Crippen LogP) is 6.14. The van der Waals surface area contributed by atoms with Crippen molar-refractivity contribution in [3.8, 4) is 11.1 Å². The van der Waals surface area contributed by atoms with Crippen molar-refractivity contribution >= 4 is 17.7 Å². The van der Waals surface area contributed by atoms with Crippen LogP contribution in [0.3, 0.4) is 0 Å². The van der Waals surface area contributed by atoms with Gasteiger partial charge in [-0.2, -0.15) is 0 Å². The molecule has 1 amide bonds. The molecule has 1 aliphatic carbocycles.